The summed E-state index contributed by atoms with van der Waals surface area (Å²) in [6.45, 7) is 0. The van der Waals surface area contributed by atoms with Crippen LogP contribution in [-0.2, 0) is 4.79 Å². The molecular formula is C9H7ClFNOS. The first-order valence-electron chi connectivity index (χ1n) is 3.76. The van der Waals surface area contributed by atoms with Gasteiger partial charge in [0.1, 0.15) is 10.9 Å². The molecule has 0 fully saturated rings. The van der Waals surface area contributed by atoms with E-state index < -0.39 is 0 Å². The fraction of sp³-hybridized carbons (Fsp3) is 0.111. The first-order chi connectivity index (χ1) is 6.25. The number of aliphatic imine (C=N–C) groups is 1. The minimum Gasteiger partial charge on any atom is -0.272 e. The van der Waals surface area contributed by atoms with Gasteiger partial charge in [0.05, 0.1) is 5.75 Å². The van der Waals surface area contributed by atoms with E-state index in [1.165, 1.54) is 23.9 Å². The van der Waals surface area contributed by atoms with Crippen molar-refractivity contribution in [1.29, 1.82) is 0 Å². The van der Waals surface area contributed by atoms with E-state index in [1.54, 1.807) is 12.1 Å². The summed E-state index contributed by atoms with van der Waals surface area (Å²) in [5.41, 5.74) is 0.803. The quantitative estimate of drug-likeness (QED) is 0.742. The van der Waals surface area contributed by atoms with Crippen molar-refractivity contribution in [2.75, 3.05) is 5.75 Å². The highest BCUT2D eigenvalue weighted by atomic mass is 35.5. The molecule has 14 heavy (non-hydrogen) atoms. The summed E-state index contributed by atoms with van der Waals surface area (Å²) >= 11 is 1.39. The van der Waals surface area contributed by atoms with Gasteiger partial charge in [-0.1, -0.05) is 11.8 Å². The lowest BCUT2D eigenvalue weighted by Gasteiger charge is -1.97. The van der Waals surface area contributed by atoms with Crippen LogP contribution in [0.2, 0.25) is 0 Å². The summed E-state index contributed by atoms with van der Waals surface area (Å²) in [7, 11) is 0. The number of amides is 1. The molecule has 1 aromatic rings. The lowest BCUT2D eigenvalue weighted by atomic mass is 10.2. The van der Waals surface area contributed by atoms with Gasteiger partial charge in [-0.2, -0.15) is 0 Å². The first-order valence-corrected chi connectivity index (χ1v) is 4.74. The molecule has 1 aromatic carbocycles. The second-order valence-electron chi connectivity index (χ2n) is 2.61. The summed E-state index contributed by atoms with van der Waals surface area (Å²) < 4.78 is 12.5. The van der Waals surface area contributed by atoms with E-state index in [9.17, 15) is 9.18 Å². The Hall–Kier alpha value is -0.870. The third-order valence-electron chi connectivity index (χ3n) is 1.65. The van der Waals surface area contributed by atoms with E-state index in [1.807, 2.05) is 0 Å². The standard InChI is InChI=1S/C9H6FNOS.ClH/c10-7-3-1-6(2-4-7)9-11-8(12)5-13-9;/h1-4H,5H2;1H. The normalized spacial score (nSPS) is 14.9. The number of hydrogen-bond acceptors (Lipinski definition) is 2. The molecule has 0 unspecified atom stereocenters. The van der Waals surface area contributed by atoms with Gasteiger partial charge < -0.3 is 0 Å². The maximum atomic E-state index is 12.5. The van der Waals surface area contributed by atoms with Crippen molar-refractivity contribution in [2.24, 2.45) is 4.99 Å². The number of rotatable bonds is 1. The zero-order valence-electron chi connectivity index (χ0n) is 7.07. The molecule has 0 saturated heterocycles. The van der Waals surface area contributed by atoms with Crippen LogP contribution < -0.4 is 0 Å². The Bertz CT molecular complexity index is 377. The van der Waals surface area contributed by atoms with Crippen LogP contribution in [0.1, 0.15) is 5.56 Å². The van der Waals surface area contributed by atoms with Crippen molar-refractivity contribution in [1.82, 2.24) is 0 Å². The van der Waals surface area contributed by atoms with Crippen molar-refractivity contribution < 1.29 is 9.18 Å². The molecule has 2 nitrogen and oxygen atoms in total. The molecule has 1 aliphatic rings. The molecule has 0 aliphatic carbocycles. The summed E-state index contributed by atoms with van der Waals surface area (Å²) in [5.74, 6) is -0.00446. The van der Waals surface area contributed by atoms with E-state index in [0.717, 1.165) is 5.56 Å². The Labute approximate surface area is 91.0 Å². The number of halogens is 2. The molecule has 2 rings (SSSR count). The van der Waals surface area contributed by atoms with Crippen LogP contribution in [0, 0.1) is 5.82 Å². The molecule has 5 heteroatoms. The van der Waals surface area contributed by atoms with Gasteiger partial charge in [-0.3, -0.25) is 4.79 Å². The van der Waals surface area contributed by atoms with E-state index >= 15 is 0 Å². The minimum absolute atomic E-state index is 0. The summed E-state index contributed by atoms with van der Waals surface area (Å²) in [5, 5.41) is 0.685. The molecule has 1 amide bonds. The van der Waals surface area contributed by atoms with Crippen molar-refractivity contribution in [2.45, 2.75) is 0 Å². The number of thioether (sulfide) groups is 1. The number of hydrogen-bond donors (Lipinski definition) is 0. The van der Waals surface area contributed by atoms with Gasteiger partial charge in [-0.15, -0.1) is 12.4 Å². The average Bonchev–Trinajstić information content (AvgIpc) is 2.53. The second kappa shape index (κ2) is 4.57. The fourth-order valence-corrected chi connectivity index (χ4v) is 1.84. The summed E-state index contributed by atoms with van der Waals surface area (Å²) in [6.07, 6.45) is 0. The Morgan fingerprint density at radius 1 is 1.29 bits per heavy atom. The van der Waals surface area contributed by atoms with Crippen molar-refractivity contribution in [3.8, 4) is 0 Å². The van der Waals surface area contributed by atoms with E-state index in [4.69, 9.17) is 0 Å². The van der Waals surface area contributed by atoms with Crippen LogP contribution in [0.4, 0.5) is 4.39 Å². The SMILES string of the molecule is Cl.O=C1CSC(c2ccc(F)cc2)=N1. The number of benzene rings is 1. The topological polar surface area (TPSA) is 29.4 Å². The van der Waals surface area contributed by atoms with Gasteiger partial charge in [0.15, 0.2) is 0 Å². The molecule has 0 bridgehead atoms. The first kappa shape index (κ1) is 11.2. The monoisotopic (exact) mass is 231 g/mol. The minimum atomic E-state index is -0.279. The summed E-state index contributed by atoms with van der Waals surface area (Å²) in [6, 6.07) is 5.97. The lowest BCUT2D eigenvalue weighted by molar-refractivity contribution is -0.115. The average molecular weight is 232 g/mol. The smallest absolute Gasteiger partial charge is 0.257 e. The maximum absolute atomic E-state index is 12.5. The third kappa shape index (κ3) is 2.33. The molecule has 0 radical (unpaired) electrons. The van der Waals surface area contributed by atoms with Crippen LogP contribution in [0.15, 0.2) is 29.3 Å². The molecule has 0 atom stereocenters. The van der Waals surface area contributed by atoms with Crippen LogP contribution >= 0.6 is 24.2 Å². The fourth-order valence-electron chi connectivity index (χ4n) is 1.05. The molecule has 1 heterocycles. The highest BCUT2D eigenvalue weighted by molar-refractivity contribution is 8.15. The molecule has 74 valence electrons. The number of carbonyl (C=O) groups is 1. The van der Waals surface area contributed by atoms with Gasteiger partial charge in [0, 0.05) is 5.56 Å². The highest BCUT2D eigenvalue weighted by Gasteiger charge is 2.15. The van der Waals surface area contributed by atoms with Gasteiger partial charge in [-0.05, 0) is 24.3 Å². The Kier molecular flexibility index (Phi) is 3.66. The zero-order valence-corrected chi connectivity index (χ0v) is 8.70. The molecule has 0 N–H and O–H groups in total. The van der Waals surface area contributed by atoms with Crippen molar-refractivity contribution >= 4 is 35.1 Å². The Balaban J connectivity index is 0.000000980. The van der Waals surface area contributed by atoms with E-state index in [-0.39, 0.29) is 24.1 Å². The third-order valence-corrected chi connectivity index (χ3v) is 2.64. The highest BCUT2D eigenvalue weighted by Crippen LogP contribution is 2.19. The lowest BCUT2D eigenvalue weighted by Crippen LogP contribution is -1.91. The van der Waals surface area contributed by atoms with Crippen LogP contribution in [0.25, 0.3) is 0 Å². The zero-order chi connectivity index (χ0) is 9.26. The maximum Gasteiger partial charge on any atom is 0.257 e. The Morgan fingerprint density at radius 2 is 1.93 bits per heavy atom. The molecule has 0 aromatic heterocycles. The van der Waals surface area contributed by atoms with Crippen LogP contribution in [0.5, 0.6) is 0 Å². The van der Waals surface area contributed by atoms with Gasteiger partial charge in [0.25, 0.3) is 5.91 Å². The number of carbonyl (C=O) groups excluding carboxylic acids is 1. The Morgan fingerprint density at radius 3 is 2.43 bits per heavy atom. The van der Waals surface area contributed by atoms with Crippen molar-refractivity contribution in [3.63, 3.8) is 0 Å². The molecular weight excluding hydrogens is 225 g/mol. The van der Waals surface area contributed by atoms with Gasteiger partial charge in [0.2, 0.25) is 0 Å². The second-order valence-corrected chi connectivity index (χ2v) is 3.57. The van der Waals surface area contributed by atoms with E-state index in [2.05, 4.69) is 4.99 Å². The number of nitrogens with zero attached hydrogens (tertiary/aromatic N) is 1. The molecule has 1 aliphatic heterocycles. The van der Waals surface area contributed by atoms with Gasteiger partial charge >= 0.3 is 0 Å². The van der Waals surface area contributed by atoms with E-state index in [0.29, 0.717) is 10.8 Å². The van der Waals surface area contributed by atoms with Crippen molar-refractivity contribution in [3.05, 3.63) is 35.6 Å². The predicted molar refractivity (Wildman–Crippen MR) is 57.7 cm³/mol. The largest absolute Gasteiger partial charge is 0.272 e. The summed E-state index contributed by atoms with van der Waals surface area (Å²) in [4.78, 5) is 14.6. The molecule has 0 spiro atoms. The van der Waals surface area contributed by atoms with Crippen LogP contribution in [0.3, 0.4) is 0 Å². The predicted octanol–water partition coefficient (Wildman–Crippen LogP) is 2.27. The van der Waals surface area contributed by atoms with Crippen LogP contribution in [-0.4, -0.2) is 16.7 Å². The molecule has 0 saturated carbocycles. The van der Waals surface area contributed by atoms with Gasteiger partial charge in [-0.25, -0.2) is 9.38 Å².